The molecule has 0 unspecified atom stereocenters. The maximum absolute atomic E-state index is 9.27. The van der Waals surface area contributed by atoms with Crippen molar-refractivity contribution in [1.82, 2.24) is 5.32 Å². The van der Waals surface area contributed by atoms with Gasteiger partial charge in [-0.3, -0.25) is 0 Å². The molecule has 19 heavy (non-hydrogen) atoms. The van der Waals surface area contributed by atoms with E-state index in [1.54, 1.807) is 23.1 Å². The fraction of sp³-hybridized carbons (Fsp3) is 0.267. The van der Waals surface area contributed by atoms with Crippen LogP contribution in [-0.2, 0) is 6.54 Å². The van der Waals surface area contributed by atoms with E-state index in [1.807, 2.05) is 18.2 Å². The summed E-state index contributed by atoms with van der Waals surface area (Å²) in [6.45, 7) is 5.04. The van der Waals surface area contributed by atoms with Crippen LogP contribution in [0.4, 0.5) is 0 Å². The van der Waals surface area contributed by atoms with E-state index in [0.717, 1.165) is 22.6 Å². The fourth-order valence-electron chi connectivity index (χ4n) is 1.62. The van der Waals surface area contributed by atoms with Crippen LogP contribution in [0.15, 0.2) is 44.8 Å². The standard InChI is InChI=1S/C15H16N2S2/c1-11(2)17-10-12-5-6-14(13(8-12)9-16)19-15-4-3-7-18-15/h3-8,11,17H,10H2,1-2H3. The highest BCUT2D eigenvalue weighted by Crippen LogP contribution is 2.33. The Bertz CT molecular complexity index is 568. The third-order valence-electron chi connectivity index (χ3n) is 2.58. The monoisotopic (exact) mass is 288 g/mol. The van der Waals surface area contributed by atoms with Gasteiger partial charge in [-0.15, -0.1) is 11.3 Å². The van der Waals surface area contributed by atoms with Crippen LogP contribution in [0.1, 0.15) is 25.0 Å². The highest BCUT2D eigenvalue weighted by atomic mass is 32.2. The molecule has 0 aliphatic carbocycles. The molecule has 0 bridgehead atoms. The number of thiophene rings is 1. The van der Waals surface area contributed by atoms with E-state index in [4.69, 9.17) is 0 Å². The van der Waals surface area contributed by atoms with Crippen LogP contribution in [0.3, 0.4) is 0 Å². The zero-order valence-electron chi connectivity index (χ0n) is 11.0. The summed E-state index contributed by atoms with van der Waals surface area (Å²) in [5, 5.41) is 14.7. The number of rotatable bonds is 5. The number of benzene rings is 1. The van der Waals surface area contributed by atoms with Crippen LogP contribution in [0, 0.1) is 11.3 Å². The number of nitrogens with one attached hydrogen (secondary N) is 1. The quantitative estimate of drug-likeness (QED) is 0.892. The molecule has 1 N–H and O–H groups in total. The maximum atomic E-state index is 9.27. The Morgan fingerprint density at radius 3 is 2.84 bits per heavy atom. The lowest BCUT2D eigenvalue weighted by molar-refractivity contribution is 0.588. The van der Waals surface area contributed by atoms with Crippen LogP contribution in [-0.4, -0.2) is 6.04 Å². The Morgan fingerprint density at radius 1 is 1.37 bits per heavy atom. The van der Waals surface area contributed by atoms with Crippen molar-refractivity contribution >= 4 is 23.1 Å². The molecule has 1 aromatic heterocycles. The second kappa shape index (κ2) is 6.76. The number of hydrogen-bond donors (Lipinski definition) is 1. The second-order valence-corrected chi connectivity index (χ2v) is 6.80. The summed E-state index contributed by atoms with van der Waals surface area (Å²) < 4.78 is 1.21. The molecule has 0 fully saturated rings. The second-order valence-electron chi connectivity index (χ2n) is 4.51. The summed E-state index contributed by atoms with van der Waals surface area (Å²) >= 11 is 3.35. The van der Waals surface area contributed by atoms with Gasteiger partial charge in [0.05, 0.1) is 9.77 Å². The largest absolute Gasteiger partial charge is 0.310 e. The molecule has 2 rings (SSSR count). The van der Waals surface area contributed by atoms with Crippen molar-refractivity contribution in [2.24, 2.45) is 0 Å². The SMILES string of the molecule is CC(C)NCc1ccc(Sc2cccs2)c(C#N)c1. The van der Waals surface area contributed by atoms with Gasteiger partial charge in [-0.25, -0.2) is 0 Å². The molecule has 0 atom stereocenters. The minimum atomic E-state index is 0.450. The number of nitrogens with zero attached hydrogens (tertiary/aromatic N) is 1. The van der Waals surface area contributed by atoms with Crippen LogP contribution in [0.5, 0.6) is 0 Å². The minimum absolute atomic E-state index is 0.450. The van der Waals surface area contributed by atoms with E-state index in [-0.39, 0.29) is 0 Å². The van der Waals surface area contributed by atoms with Gasteiger partial charge in [0.25, 0.3) is 0 Å². The average molecular weight is 288 g/mol. The first-order chi connectivity index (χ1) is 9.19. The van der Waals surface area contributed by atoms with Crippen molar-refractivity contribution in [3.8, 4) is 6.07 Å². The van der Waals surface area contributed by atoms with E-state index in [2.05, 4.69) is 42.7 Å². The third kappa shape index (κ3) is 4.10. The predicted octanol–water partition coefficient (Wildman–Crippen LogP) is 4.27. The first-order valence-corrected chi connectivity index (χ1v) is 7.86. The molecule has 1 aromatic carbocycles. The molecule has 1 heterocycles. The van der Waals surface area contributed by atoms with E-state index < -0.39 is 0 Å². The molecule has 0 saturated heterocycles. The van der Waals surface area contributed by atoms with Gasteiger partial charge < -0.3 is 5.32 Å². The molecule has 0 spiro atoms. The molecule has 0 aliphatic heterocycles. The van der Waals surface area contributed by atoms with Gasteiger partial charge in [0.2, 0.25) is 0 Å². The van der Waals surface area contributed by atoms with Crippen molar-refractivity contribution < 1.29 is 0 Å². The van der Waals surface area contributed by atoms with Gasteiger partial charge in [-0.2, -0.15) is 5.26 Å². The molecule has 4 heteroatoms. The van der Waals surface area contributed by atoms with E-state index >= 15 is 0 Å². The van der Waals surface area contributed by atoms with Gasteiger partial charge in [-0.1, -0.05) is 37.7 Å². The fourth-order valence-corrected chi connectivity index (χ4v) is 3.41. The summed E-state index contributed by atoms with van der Waals surface area (Å²) in [5.41, 5.74) is 1.90. The first kappa shape index (κ1) is 14.1. The van der Waals surface area contributed by atoms with Crippen LogP contribution < -0.4 is 5.32 Å². The van der Waals surface area contributed by atoms with Crippen LogP contribution in [0.2, 0.25) is 0 Å². The molecule has 0 amide bonds. The normalized spacial score (nSPS) is 10.6. The van der Waals surface area contributed by atoms with E-state index in [0.29, 0.717) is 6.04 Å². The van der Waals surface area contributed by atoms with Crippen molar-refractivity contribution in [3.63, 3.8) is 0 Å². The van der Waals surface area contributed by atoms with Crippen molar-refractivity contribution in [3.05, 3.63) is 46.8 Å². The highest BCUT2D eigenvalue weighted by molar-refractivity contribution is 8.01. The van der Waals surface area contributed by atoms with E-state index in [9.17, 15) is 5.26 Å². The van der Waals surface area contributed by atoms with Gasteiger partial charge in [0.1, 0.15) is 6.07 Å². The molecule has 0 radical (unpaired) electrons. The smallest absolute Gasteiger partial charge is 0.100 e. The lowest BCUT2D eigenvalue weighted by Crippen LogP contribution is -2.21. The van der Waals surface area contributed by atoms with Gasteiger partial charge in [-0.05, 0) is 29.1 Å². The summed E-state index contributed by atoms with van der Waals surface area (Å²) in [6.07, 6.45) is 0. The molecule has 0 aliphatic rings. The number of hydrogen-bond acceptors (Lipinski definition) is 4. The lowest BCUT2D eigenvalue weighted by Gasteiger charge is -2.09. The number of nitriles is 1. The zero-order chi connectivity index (χ0) is 13.7. The first-order valence-electron chi connectivity index (χ1n) is 6.17. The predicted molar refractivity (Wildman–Crippen MR) is 81.6 cm³/mol. The Morgan fingerprint density at radius 2 is 2.21 bits per heavy atom. The summed E-state index contributed by atoms with van der Waals surface area (Å²) in [6, 6.07) is 13.0. The van der Waals surface area contributed by atoms with Gasteiger partial charge in [0.15, 0.2) is 0 Å². The van der Waals surface area contributed by atoms with Crippen molar-refractivity contribution in [2.75, 3.05) is 0 Å². The van der Waals surface area contributed by atoms with Crippen LogP contribution >= 0.6 is 23.1 Å². The van der Waals surface area contributed by atoms with Gasteiger partial charge in [0, 0.05) is 17.5 Å². The topological polar surface area (TPSA) is 35.8 Å². The Kier molecular flexibility index (Phi) is 5.03. The molecular weight excluding hydrogens is 272 g/mol. The van der Waals surface area contributed by atoms with Gasteiger partial charge >= 0.3 is 0 Å². The average Bonchev–Trinajstić information content (AvgIpc) is 2.90. The Balaban J connectivity index is 2.15. The summed E-state index contributed by atoms with van der Waals surface area (Å²) in [4.78, 5) is 1.03. The van der Waals surface area contributed by atoms with E-state index in [1.165, 1.54) is 4.21 Å². The maximum Gasteiger partial charge on any atom is 0.100 e. The summed E-state index contributed by atoms with van der Waals surface area (Å²) in [5.74, 6) is 0. The van der Waals surface area contributed by atoms with Crippen LogP contribution in [0.25, 0.3) is 0 Å². The molecule has 0 saturated carbocycles. The third-order valence-corrected chi connectivity index (χ3v) is 4.70. The molecule has 2 aromatic rings. The summed E-state index contributed by atoms with van der Waals surface area (Å²) in [7, 11) is 0. The van der Waals surface area contributed by atoms with Crippen molar-refractivity contribution in [2.45, 2.75) is 35.5 Å². The molecule has 2 nitrogen and oxygen atoms in total. The Hall–Kier alpha value is -1.28. The highest BCUT2D eigenvalue weighted by Gasteiger charge is 2.06. The Labute approximate surface area is 122 Å². The zero-order valence-corrected chi connectivity index (χ0v) is 12.6. The lowest BCUT2D eigenvalue weighted by atomic mass is 10.1. The molecular formula is C15H16N2S2. The molecule has 98 valence electrons. The minimum Gasteiger partial charge on any atom is -0.310 e. The van der Waals surface area contributed by atoms with Crippen molar-refractivity contribution in [1.29, 1.82) is 5.26 Å².